The highest BCUT2D eigenvalue weighted by Gasteiger charge is 2.09. The molecule has 0 atom stereocenters. The average Bonchev–Trinajstić information content (AvgIpc) is 2.74. The summed E-state index contributed by atoms with van der Waals surface area (Å²) in [5, 5.41) is 6.12. The van der Waals surface area contributed by atoms with Gasteiger partial charge in [0.15, 0.2) is 11.5 Å². The molecule has 0 aliphatic rings. The van der Waals surface area contributed by atoms with E-state index in [0.29, 0.717) is 29.4 Å². The third-order valence-corrected chi connectivity index (χ3v) is 4.22. The molecule has 3 rings (SSSR count). The van der Waals surface area contributed by atoms with Gasteiger partial charge in [0.1, 0.15) is 5.82 Å². The van der Waals surface area contributed by atoms with Crippen LogP contribution in [0, 0.1) is 0 Å². The third-order valence-electron chi connectivity index (χ3n) is 4.22. The van der Waals surface area contributed by atoms with Crippen molar-refractivity contribution in [2.75, 3.05) is 26.1 Å². The summed E-state index contributed by atoms with van der Waals surface area (Å²) in [7, 11) is 3.17. The molecule has 0 unspecified atom stereocenters. The molecule has 2 N–H and O–H groups in total. The molecule has 1 heterocycles. The van der Waals surface area contributed by atoms with Gasteiger partial charge >= 0.3 is 0 Å². The zero-order chi connectivity index (χ0) is 19.8. The van der Waals surface area contributed by atoms with Crippen LogP contribution in [0.4, 0.5) is 11.5 Å². The van der Waals surface area contributed by atoms with E-state index in [1.165, 1.54) is 5.56 Å². The summed E-state index contributed by atoms with van der Waals surface area (Å²) in [5.74, 6) is 1.70. The van der Waals surface area contributed by atoms with Crippen molar-refractivity contribution in [2.24, 2.45) is 0 Å². The first-order chi connectivity index (χ1) is 13.7. The number of hydrogen-bond acceptors (Lipinski definition) is 5. The van der Waals surface area contributed by atoms with Gasteiger partial charge in [-0.2, -0.15) is 0 Å². The van der Waals surface area contributed by atoms with Crippen LogP contribution >= 0.6 is 0 Å². The Kier molecular flexibility index (Phi) is 6.46. The molecule has 2 aromatic carbocycles. The van der Waals surface area contributed by atoms with Crippen LogP contribution in [0.1, 0.15) is 15.9 Å². The van der Waals surface area contributed by atoms with Gasteiger partial charge in [0.2, 0.25) is 0 Å². The fourth-order valence-electron chi connectivity index (χ4n) is 2.77. The molecule has 6 nitrogen and oxygen atoms in total. The number of carbonyl (C=O) groups is 1. The molecule has 0 radical (unpaired) electrons. The number of amides is 1. The highest BCUT2D eigenvalue weighted by Crippen LogP contribution is 2.30. The number of hydrogen-bond donors (Lipinski definition) is 2. The Morgan fingerprint density at radius 2 is 1.75 bits per heavy atom. The minimum Gasteiger partial charge on any atom is -0.493 e. The van der Waals surface area contributed by atoms with E-state index in [2.05, 4.69) is 15.6 Å². The van der Waals surface area contributed by atoms with Gasteiger partial charge in [-0.15, -0.1) is 0 Å². The van der Waals surface area contributed by atoms with Crippen molar-refractivity contribution >= 4 is 17.4 Å². The Labute approximate surface area is 164 Å². The smallest absolute Gasteiger partial charge is 0.251 e. The van der Waals surface area contributed by atoms with Gasteiger partial charge in [-0.3, -0.25) is 4.79 Å². The molecule has 0 saturated carbocycles. The summed E-state index contributed by atoms with van der Waals surface area (Å²) < 4.78 is 10.5. The zero-order valence-corrected chi connectivity index (χ0v) is 15.9. The number of methoxy groups -OCH3 is 2. The number of pyridine rings is 1. The van der Waals surface area contributed by atoms with Crippen LogP contribution in [0.15, 0.2) is 66.9 Å². The SMILES string of the molecule is COc1ccc(Nc2cc(C(=O)NCCc3ccccc3)ccn2)cc1OC. The quantitative estimate of drug-likeness (QED) is 0.624. The third kappa shape index (κ3) is 5.01. The lowest BCUT2D eigenvalue weighted by Gasteiger charge is -2.11. The largest absolute Gasteiger partial charge is 0.493 e. The summed E-state index contributed by atoms with van der Waals surface area (Å²) in [5.41, 5.74) is 2.52. The summed E-state index contributed by atoms with van der Waals surface area (Å²) in [6.45, 7) is 0.573. The van der Waals surface area contributed by atoms with Crippen molar-refractivity contribution in [3.05, 3.63) is 78.0 Å². The van der Waals surface area contributed by atoms with Crippen LogP contribution in [0.25, 0.3) is 0 Å². The van der Waals surface area contributed by atoms with Crippen molar-refractivity contribution in [3.8, 4) is 11.5 Å². The van der Waals surface area contributed by atoms with Gasteiger partial charge in [0.05, 0.1) is 14.2 Å². The minimum atomic E-state index is -0.131. The Hall–Kier alpha value is -3.54. The number of anilines is 2. The van der Waals surface area contributed by atoms with Gasteiger partial charge in [-0.1, -0.05) is 30.3 Å². The fraction of sp³-hybridized carbons (Fsp3) is 0.182. The molecule has 1 aromatic heterocycles. The Morgan fingerprint density at radius 1 is 0.964 bits per heavy atom. The molecule has 0 aliphatic heterocycles. The van der Waals surface area contributed by atoms with E-state index in [0.717, 1.165) is 12.1 Å². The fourth-order valence-corrected chi connectivity index (χ4v) is 2.77. The molecule has 3 aromatic rings. The van der Waals surface area contributed by atoms with Crippen molar-refractivity contribution in [3.63, 3.8) is 0 Å². The Morgan fingerprint density at radius 3 is 2.50 bits per heavy atom. The van der Waals surface area contributed by atoms with Crippen molar-refractivity contribution in [1.29, 1.82) is 0 Å². The standard InChI is InChI=1S/C22H23N3O3/c1-27-19-9-8-18(15-20(19)28-2)25-21-14-17(11-13-23-21)22(26)24-12-10-16-6-4-3-5-7-16/h3-9,11,13-15H,10,12H2,1-2H3,(H,23,25)(H,24,26). The number of carbonyl (C=O) groups excluding carboxylic acids is 1. The topological polar surface area (TPSA) is 72.5 Å². The maximum absolute atomic E-state index is 12.4. The minimum absolute atomic E-state index is 0.131. The molecular weight excluding hydrogens is 354 g/mol. The van der Waals surface area contributed by atoms with Gasteiger partial charge in [-0.25, -0.2) is 4.98 Å². The second kappa shape index (κ2) is 9.41. The Balaban J connectivity index is 1.62. The normalized spacial score (nSPS) is 10.2. The molecule has 1 amide bonds. The molecule has 0 bridgehead atoms. The predicted molar refractivity (Wildman–Crippen MR) is 110 cm³/mol. The van der Waals surface area contributed by atoms with Crippen LogP contribution in [-0.2, 0) is 6.42 Å². The molecule has 28 heavy (non-hydrogen) atoms. The summed E-state index contributed by atoms with van der Waals surface area (Å²) >= 11 is 0. The number of nitrogens with one attached hydrogen (secondary N) is 2. The van der Waals surface area contributed by atoms with Crippen LogP contribution < -0.4 is 20.1 Å². The predicted octanol–water partition coefficient (Wildman–Crippen LogP) is 3.81. The van der Waals surface area contributed by atoms with Gasteiger partial charge in [-0.05, 0) is 36.2 Å². The second-order valence-corrected chi connectivity index (χ2v) is 6.12. The lowest BCUT2D eigenvalue weighted by atomic mass is 10.1. The van der Waals surface area contributed by atoms with E-state index in [1.54, 1.807) is 38.6 Å². The number of aromatic nitrogens is 1. The molecule has 0 aliphatic carbocycles. The van der Waals surface area contributed by atoms with Crippen LogP contribution in [-0.4, -0.2) is 31.7 Å². The monoisotopic (exact) mass is 377 g/mol. The zero-order valence-electron chi connectivity index (χ0n) is 15.9. The van der Waals surface area contributed by atoms with E-state index >= 15 is 0 Å². The van der Waals surface area contributed by atoms with E-state index in [-0.39, 0.29) is 5.91 Å². The first kappa shape index (κ1) is 19.2. The van der Waals surface area contributed by atoms with Crippen molar-refractivity contribution in [2.45, 2.75) is 6.42 Å². The molecule has 0 spiro atoms. The van der Waals surface area contributed by atoms with E-state index in [4.69, 9.17) is 9.47 Å². The first-order valence-corrected chi connectivity index (χ1v) is 8.97. The summed E-state index contributed by atoms with van der Waals surface area (Å²) in [6.07, 6.45) is 2.39. The van der Waals surface area contributed by atoms with Crippen molar-refractivity contribution < 1.29 is 14.3 Å². The lowest BCUT2D eigenvalue weighted by Crippen LogP contribution is -2.25. The van der Waals surface area contributed by atoms with Crippen molar-refractivity contribution in [1.82, 2.24) is 10.3 Å². The van der Waals surface area contributed by atoms with E-state index < -0.39 is 0 Å². The maximum atomic E-state index is 12.4. The average molecular weight is 377 g/mol. The number of rotatable bonds is 8. The molecule has 0 saturated heterocycles. The van der Waals surface area contributed by atoms with Crippen LogP contribution in [0.2, 0.25) is 0 Å². The summed E-state index contributed by atoms with van der Waals surface area (Å²) in [6, 6.07) is 18.9. The number of nitrogens with zero attached hydrogens (tertiary/aromatic N) is 1. The van der Waals surface area contributed by atoms with Crippen LogP contribution in [0.5, 0.6) is 11.5 Å². The van der Waals surface area contributed by atoms with Gasteiger partial charge < -0.3 is 20.1 Å². The van der Waals surface area contributed by atoms with E-state index in [1.807, 2.05) is 42.5 Å². The van der Waals surface area contributed by atoms with Gasteiger partial charge in [0, 0.05) is 30.1 Å². The molecular formula is C22H23N3O3. The highest BCUT2D eigenvalue weighted by molar-refractivity contribution is 5.94. The molecule has 144 valence electrons. The highest BCUT2D eigenvalue weighted by atomic mass is 16.5. The number of benzene rings is 2. The first-order valence-electron chi connectivity index (χ1n) is 8.97. The molecule has 6 heteroatoms. The Bertz CT molecular complexity index is 929. The van der Waals surface area contributed by atoms with Gasteiger partial charge in [0.25, 0.3) is 5.91 Å². The van der Waals surface area contributed by atoms with Crippen LogP contribution in [0.3, 0.4) is 0 Å². The summed E-state index contributed by atoms with van der Waals surface area (Å²) in [4.78, 5) is 16.7. The second-order valence-electron chi connectivity index (χ2n) is 6.12. The molecule has 0 fully saturated rings. The van der Waals surface area contributed by atoms with E-state index in [9.17, 15) is 4.79 Å². The maximum Gasteiger partial charge on any atom is 0.251 e. The lowest BCUT2D eigenvalue weighted by molar-refractivity contribution is 0.0954. The number of ether oxygens (including phenoxy) is 2.